The van der Waals surface area contributed by atoms with Gasteiger partial charge >= 0.3 is 0 Å². The molecule has 0 amide bonds. The summed E-state index contributed by atoms with van der Waals surface area (Å²) in [6.45, 7) is 15.8. The van der Waals surface area contributed by atoms with Gasteiger partial charge in [-0.05, 0) is 110 Å². The summed E-state index contributed by atoms with van der Waals surface area (Å²) >= 11 is 0. The fourth-order valence-corrected chi connectivity index (χ4v) is 25.0. The first-order chi connectivity index (χ1) is 32.5. The summed E-state index contributed by atoms with van der Waals surface area (Å²) in [7, 11) is -4.24. The number of para-hydroxylation sites is 4. The van der Waals surface area contributed by atoms with Crippen molar-refractivity contribution in [3.63, 3.8) is 0 Å². The molecule has 2 nitrogen and oxygen atoms in total. The number of rotatable bonds is 10. The quantitative estimate of drug-likeness (QED) is 0.126. The molecule has 0 aromatic heterocycles. The molecule has 0 aliphatic heterocycles. The molecule has 0 atom stereocenters. The molecule has 10 aromatic carbocycles. The Morgan fingerprint density at radius 2 is 0.776 bits per heavy atom. The van der Waals surface area contributed by atoms with Gasteiger partial charge in [0.2, 0.25) is 0 Å². The lowest BCUT2D eigenvalue weighted by Crippen LogP contribution is -2.63. The van der Waals surface area contributed by atoms with Crippen molar-refractivity contribution in [3.8, 4) is 33.4 Å². The van der Waals surface area contributed by atoms with Crippen LogP contribution < -0.4 is 9.80 Å². The molecule has 0 fully saturated rings. The maximum Gasteiger partial charge on any atom is 0.0579 e. The summed E-state index contributed by atoms with van der Waals surface area (Å²) in [5.74, 6) is 0. The molecule has 11 rings (SSSR count). The maximum atomic E-state index is 2.65. The predicted molar refractivity (Wildman–Crippen MR) is 295 cm³/mol. The molecule has 10 aromatic rings. The molecular formula is C63H56N2Si2. The van der Waals surface area contributed by atoms with Crippen LogP contribution in [0.4, 0.5) is 34.1 Å². The molecule has 67 heavy (non-hydrogen) atoms. The Labute approximate surface area is 398 Å². The van der Waals surface area contributed by atoms with Crippen LogP contribution in [-0.2, 0) is 4.66 Å². The van der Waals surface area contributed by atoms with E-state index < -0.39 is 16.1 Å². The van der Waals surface area contributed by atoms with Gasteiger partial charge in [0.05, 0.1) is 33.2 Å². The van der Waals surface area contributed by atoms with Crippen molar-refractivity contribution < 1.29 is 0 Å². The van der Waals surface area contributed by atoms with Crippen molar-refractivity contribution in [1.29, 1.82) is 0 Å². The molecule has 0 bridgehead atoms. The number of hydrogen-bond acceptors (Lipinski definition) is 2. The monoisotopic (exact) mass is 896 g/mol. The van der Waals surface area contributed by atoms with Crippen LogP contribution in [0.3, 0.4) is 0 Å². The summed E-state index contributed by atoms with van der Waals surface area (Å²) in [5.41, 5.74) is 17.6. The van der Waals surface area contributed by atoms with E-state index in [1.165, 1.54) is 77.4 Å². The second-order valence-corrected chi connectivity index (χ2v) is 31.2. The molecule has 1 aliphatic rings. The Hall–Kier alpha value is -7.25. The van der Waals surface area contributed by atoms with Crippen molar-refractivity contribution >= 4 is 71.8 Å². The lowest BCUT2D eigenvalue weighted by atomic mass is 9.94. The van der Waals surface area contributed by atoms with E-state index in [2.05, 4.69) is 280 Å². The average molecular weight is 897 g/mol. The molecule has 0 spiro atoms. The first-order valence-electron chi connectivity index (χ1n) is 23.7. The third kappa shape index (κ3) is 6.97. The van der Waals surface area contributed by atoms with E-state index in [4.69, 9.17) is 0 Å². The zero-order chi connectivity index (χ0) is 45.9. The Kier molecular flexibility index (Phi) is 10.5. The molecule has 0 heterocycles. The third-order valence-electron chi connectivity index (χ3n) is 14.3. The topological polar surface area (TPSA) is 6.48 Å². The third-order valence-corrected chi connectivity index (χ3v) is 24.4. The lowest BCUT2D eigenvalue weighted by molar-refractivity contribution is 0.954. The van der Waals surface area contributed by atoms with E-state index in [1.54, 1.807) is 0 Å². The largest absolute Gasteiger partial charge is 0.310 e. The van der Waals surface area contributed by atoms with Crippen LogP contribution in [-0.4, -0.2) is 16.1 Å². The predicted octanol–water partition coefficient (Wildman–Crippen LogP) is 18.3. The summed E-state index contributed by atoms with van der Waals surface area (Å²) in [6, 6.07) is 85.5. The smallest absolute Gasteiger partial charge is 0.0579 e. The Balaban J connectivity index is 1.18. The van der Waals surface area contributed by atoms with Crippen LogP contribution in [0.5, 0.6) is 0 Å². The highest BCUT2D eigenvalue weighted by Gasteiger charge is 2.59. The number of fused-ring (bicyclic) bond motifs is 6. The van der Waals surface area contributed by atoms with Crippen LogP contribution >= 0.6 is 0 Å². The molecule has 4 heteroatoms. The van der Waals surface area contributed by atoms with Gasteiger partial charge in [0, 0.05) is 38.2 Å². The van der Waals surface area contributed by atoms with E-state index in [9.17, 15) is 0 Å². The molecule has 0 saturated carbocycles. The summed E-state index contributed by atoms with van der Waals surface area (Å²) < 4.78 is -0.117. The van der Waals surface area contributed by atoms with E-state index in [0.717, 1.165) is 22.7 Å². The van der Waals surface area contributed by atoms with E-state index in [1.807, 2.05) is 0 Å². The fourth-order valence-electron chi connectivity index (χ4n) is 12.0. The number of anilines is 6. The van der Waals surface area contributed by atoms with Gasteiger partial charge in [-0.15, -0.1) is 0 Å². The highest BCUT2D eigenvalue weighted by molar-refractivity contribution is 6.99. The Morgan fingerprint density at radius 3 is 1.33 bits per heavy atom. The molecule has 0 saturated heterocycles. The van der Waals surface area contributed by atoms with Crippen molar-refractivity contribution in [2.45, 2.75) is 43.9 Å². The van der Waals surface area contributed by atoms with Crippen molar-refractivity contribution in [3.05, 3.63) is 242 Å². The van der Waals surface area contributed by atoms with Crippen LogP contribution in [0.2, 0.25) is 39.3 Å². The minimum Gasteiger partial charge on any atom is -0.310 e. The SMILES string of the molecule is C[Si](C)(C)C1([Si](C)(C)C)c2cc3cc(N(c4ccccc4)c4ccccc4-c4ccccc4)ccc3cc2-c2c1cc(N(c1ccccc1)c1ccccc1-c1ccccc1)c1ccccc21. The van der Waals surface area contributed by atoms with Crippen LogP contribution in [0.1, 0.15) is 11.1 Å². The van der Waals surface area contributed by atoms with E-state index >= 15 is 0 Å². The summed E-state index contributed by atoms with van der Waals surface area (Å²) in [5, 5.41) is 5.11. The first-order valence-corrected chi connectivity index (χ1v) is 30.7. The average Bonchev–Trinajstić information content (AvgIpc) is 3.66. The van der Waals surface area contributed by atoms with Gasteiger partial charge in [-0.1, -0.05) is 209 Å². The second-order valence-electron chi connectivity index (χ2n) is 20.2. The first kappa shape index (κ1) is 42.4. The Morgan fingerprint density at radius 1 is 0.313 bits per heavy atom. The summed E-state index contributed by atoms with van der Waals surface area (Å²) in [4.78, 5) is 4.99. The minimum atomic E-state index is -2.12. The standard InChI is InChI=1S/C63H56N2Si2/c1-66(2,3)63(67(4,5)6)57-43-48-41-51(64(49-29-15-9-16-30-49)59-37-23-21-33-52(59)45-25-11-7-12-26-45)40-39-47(48)42-56(57)62-55-36-20-19-35-54(55)61(44-58(62)63)65(50-31-17-10-18-32-50)60-38-24-22-34-53(60)46-27-13-8-14-28-46/h7-44H,1-6H3. The molecule has 326 valence electrons. The zero-order valence-electron chi connectivity index (χ0n) is 39.3. The van der Waals surface area contributed by atoms with Gasteiger partial charge in [-0.25, -0.2) is 0 Å². The van der Waals surface area contributed by atoms with Gasteiger partial charge < -0.3 is 9.80 Å². The minimum absolute atomic E-state index is 0.117. The number of nitrogens with zero attached hydrogens (tertiary/aromatic N) is 2. The van der Waals surface area contributed by atoms with Crippen LogP contribution in [0.25, 0.3) is 54.9 Å². The molecule has 0 N–H and O–H groups in total. The van der Waals surface area contributed by atoms with Crippen molar-refractivity contribution in [1.82, 2.24) is 0 Å². The van der Waals surface area contributed by atoms with Crippen LogP contribution in [0, 0.1) is 0 Å². The van der Waals surface area contributed by atoms with Gasteiger partial charge in [-0.2, -0.15) is 0 Å². The summed E-state index contributed by atoms with van der Waals surface area (Å²) in [6.07, 6.45) is 0. The van der Waals surface area contributed by atoms with E-state index in [0.29, 0.717) is 0 Å². The van der Waals surface area contributed by atoms with E-state index in [-0.39, 0.29) is 4.66 Å². The Bertz CT molecular complexity index is 3410. The second kappa shape index (κ2) is 16.6. The zero-order valence-corrected chi connectivity index (χ0v) is 41.3. The highest BCUT2D eigenvalue weighted by atomic mass is 28.4. The highest BCUT2D eigenvalue weighted by Crippen LogP contribution is 2.62. The normalized spacial score (nSPS) is 13.0. The maximum absolute atomic E-state index is 2.65. The number of benzene rings is 10. The van der Waals surface area contributed by atoms with Gasteiger partial charge in [0.25, 0.3) is 0 Å². The lowest BCUT2D eigenvalue weighted by Gasteiger charge is -2.51. The van der Waals surface area contributed by atoms with Gasteiger partial charge in [0.1, 0.15) is 0 Å². The molecule has 0 unspecified atom stereocenters. The van der Waals surface area contributed by atoms with Crippen LogP contribution in [0.15, 0.2) is 231 Å². The van der Waals surface area contributed by atoms with Crippen molar-refractivity contribution in [2.24, 2.45) is 0 Å². The fraction of sp³-hybridized carbons (Fsp3) is 0.111. The molecule has 1 aliphatic carbocycles. The van der Waals surface area contributed by atoms with Crippen molar-refractivity contribution in [2.75, 3.05) is 9.80 Å². The molecule has 0 radical (unpaired) electrons. The molecular weight excluding hydrogens is 841 g/mol. The number of hydrogen-bond donors (Lipinski definition) is 0. The van der Waals surface area contributed by atoms with Gasteiger partial charge in [0.15, 0.2) is 0 Å². The van der Waals surface area contributed by atoms with Gasteiger partial charge in [-0.3, -0.25) is 0 Å².